The number of carbonyl (C=O) groups is 1. The Kier molecular flexibility index (Phi) is 2.98. The van der Waals surface area contributed by atoms with Gasteiger partial charge in [-0.1, -0.05) is 18.2 Å². The van der Waals surface area contributed by atoms with Crippen molar-refractivity contribution < 1.29 is 13.9 Å². The van der Waals surface area contributed by atoms with Gasteiger partial charge in [0.15, 0.2) is 17.0 Å². The van der Waals surface area contributed by atoms with E-state index in [4.69, 9.17) is 4.42 Å². The highest BCUT2D eigenvalue weighted by Gasteiger charge is 2.19. The van der Waals surface area contributed by atoms with Crippen molar-refractivity contribution in [3.05, 3.63) is 52.6 Å². The number of aromatic nitrogens is 2. The maximum atomic E-state index is 12.1. The molecule has 0 atom stereocenters. The monoisotopic (exact) mass is 272 g/mol. The highest BCUT2D eigenvalue weighted by atomic mass is 16.5. The zero-order valence-corrected chi connectivity index (χ0v) is 10.8. The molecule has 0 radical (unpaired) electrons. The van der Waals surface area contributed by atoms with Crippen LogP contribution in [0.25, 0.3) is 11.1 Å². The van der Waals surface area contributed by atoms with E-state index in [1.807, 2.05) is 18.2 Å². The SMILES string of the molecule is COC(=O)c1ncn2cc(C3=CC=CCC3)oc(=O)c12. The second-order valence-electron chi connectivity index (χ2n) is 4.38. The first-order valence-electron chi connectivity index (χ1n) is 6.16. The molecular formula is C14H12N2O4. The maximum Gasteiger partial charge on any atom is 0.363 e. The lowest BCUT2D eigenvalue weighted by atomic mass is 10.0. The molecule has 0 amide bonds. The van der Waals surface area contributed by atoms with E-state index in [9.17, 15) is 9.59 Å². The first kappa shape index (κ1) is 12.4. The Morgan fingerprint density at radius 2 is 2.35 bits per heavy atom. The molecule has 2 aromatic rings. The van der Waals surface area contributed by atoms with Gasteiger partial charge in [-0.25, -0.2) is 14.6 Å². The van der Waals surface area contributed by atoms with Crippen molar-refractivity contribution in [2.45, 2.75) is 12.8 Å². The molecule has 3 rings (SSSR count). The third-order valence-electron chi connectivity index (χ3n) is 3.16. The van der Waals surface area contributed by atoms with Crippen molar-refractivity contribution in [2.75, 3.05) is 7.11 Å². The molecule has 0 N–H and O–H groups in total. The summed E-state index contributed by atoms with van der Waals surface area (Å²) in [5, 5.41) is 0. The van der Waals surface area contributed by atoms with Crippen molar-refractivity contribution in [1.29, 1.82) is 0 Å². The van der Waals surface area contributed by atoms with Crippen LogP contribution in [0.3, 0.4) is 0 Å². The lowest BCUT2D eigenvalue weighted by Gasteiger charge is -2.07. The molecule has 6 nitrogen and oxygen atoms in total. The van der Waals surface area contributed by atoms with Gasteiger partial charge in [0.05, 0.1) is 13.3 Å². The zero-order chi connectivity index (χ0) is 14.1. The number of imidazole rings is 1. The Labute approximate surface area is 114 Å². The number of hydrogen-bond acceptors (Lipinski definition) is 5. The minimum Gasteiger partial charge on any atom is -0.464 e. The number of methoxy groups -OCH3 is 1. The molecule has 2 aromatic heterocycles. The predicted molar refractivity (Wildman–Crippen MR) is 71.4 cm³/mol. The molecule has 0 bridgehead atoms. The minimum absolute atomic E-state index is 0.0367. The average molecular weight is 272 g/mol. The molecular weight excluding hydrogens is 260 g/mol. The van der Waals surface area contributed by atoms with E-state index in [1.54, 1.807) is 6.20 Å². The second kappa shape index (κ2) is 4.80. The van der Waals surface area contributed by atoms with Gasteiger partial charge in [-0.3, -0.25) is 4.40 Å². The van der Waals surface area contributed by atoms with E-state index in [2.05, 4.69) is 9.72 Å². The molecule has 2 heterocycles. The first-order chi connectivity index (χ1) is 9.70. The van der Waals surface area contributed by atoms with Crippen molar-refractivity contribution >= 4 is 17.1 Å². The van der Waals surface area contributed by atoms with Crippen molar-refractivity contribution in [3.63, 3.8) is 0 Å². The van der Waals surface area contributed by atoms with E-state index in [0.717, 1.165) is 18.4 Å². The number of ether oxygens (including phenoxy) is 1. The van der Waals surface area contributed by atoms with Crippen LogP contribution < -0.4 is 5.63 Å². The first-order valence-corrected chi connectivity index (χ1v) is 6.16. The van der Waals surface area contributed by atoms with Gasteiger partial charge in [-0.15, -0.1) is 0 Å². The number of esters is 1. The van der Waals surface area contributed by atoms with Gasteiger partial charge < -0.3 is 9.15 Å². The quantitative estimate of drug-likeness (QED) is 0.779. The van der Waals surface area contributed by atoms with Gasteiger partial charge in [0.1, 0.15) is 6.33 Å². The van der Waals surface area contributed by atoms with Gasteiger partial charge >= 0.3 is 11.6 Å². The van der Waals surface area contributed by atoms with Crippen LogP contribution in [-0.4, -0.2) is 22.5 Å². The summed E-state index contributed by atoms with van der Waals surface area (Å²) in [5.74, 6) is -0.173. The number of hydrogen-bond donors (Lipinski definition) is 0. The minimum atomic E-state index is -0.660. The van der Waals surface area contributed by atoms with E-state index in [1.165, 1.54) is 17.8 Å². The maximum absolute atomic E-state index is 12.1. The standard InChI is InChI=1S/C14H12N2O4/c1-19-13(17)11-12-14(18)20-10(7-16(12)8-15-11)9-5-3-2-4-6-9/h2-3,5,7-8H,4,6H2,1H3. The molecule has 0 unspecified atom stereocenters. The van der Waals surface area contributed by atoms with Gasteiger partial charge in [-0.2, -0.15) is 0 Å². The van der Waals surface area contributed by atoms with E-state index < -0.39 is 11.6 Å². The van der Waals surface area contributed by atoms with Crippen LogP contribution in [0, 0.1) is 0 Å². The molecule has 102 valence electrons. The molecule has 0 fully saturated rings. The highest BCUT2D eigenvalue weighted by molar-refractivity contribution is 5.94. The fourth-order valence-electron chi connectivity index (χ4n) is 2.16. The van der Waals surface area contributed by atoms with E-state index in [-0.39, 0.29) is 11.2 Å². The molecule has 0 saturated heterocycles. The van der Waals surface area contributed by atoms with Crippen molar-refractivity contribution in [1.82, 2.24) is 9.38 Å². The fraction of sp³-hybridized carbons (Fsp3) is 0.214. The topological polar surface area (TPSA) is 73.8 Å². The summed E-state index contributed by atoms with van der Waals surface area (Å²) in [6.07, 6.45) is 10.7. The largest absolute Gasteiger partial charge is 0.464 e. The molecule has 0 spiro atoms. The smallest absolute Gasteiger partial charge is 0.363 e. The summed E-state index contributed by atoms with van der Waals surface area (Å²) in [4.78, 5) is 27.5. The Morgan fingerprint density at radius 1 is 1.50 bits per heavy atom. The van der Waals surface area contributed by atoms with Gasteiger partial charge in [-0.05, 0) is 18.4 Å². The third kappa shape index (κ3) is 1.95. The number of allylic oxidation sites excluding steroid dienone is 4. The Morgan fingerprint density at radius 3 is 3.05 bits per heavy atom. The Hall–Kier alpha value is -2.63. The number of carbonyl (C=O) groups excluding carboxylic acids is 1. The van der Waals surface area contributed by atoms with Gasteiger partial charge in [0, 0.05) is 0 Å². The third-order valence-corrected chi connectivity index (χ3v) is 3.16. The summed E-state index contributed by atoms with van der Waals surface area (Å²) < 4.78 is 11.4. The second-order valence-corrected chi connectivity index (χ2v) is 4.38. The molecule has 0 saturated carbocycles. The average Bonchev–Trinajstić information content (AvgIpc) is 2.92. The van der Waals surface area contributed by atoms with Gasteiger partial charge in [0.25, 0.3) is 0 Å². The van der Waals surface area contributed by atoms with Crippen LogP contribution >= 0.6 is 0 Å². The number of rotatable bonds is 2. The van der Waals surface area contributed by atoms with Crippen molar-refractivity contribution in [2.24, 2.45) is 0 Å². The van der Waals surface area contributed by atoms with E-state index in [0.29, 0.717) is 5.76 Å². The normalized spacial score (nSPS) is 14.3. The lowest BCUT2D eigenvalue weighted by molar-refractivity contribution is 0.0596. The van der Waals surface area contributed by atoms with Crippen LogP contribution in [0.5, 0.6) is 0 Å². The fourth-order valence-corrected chi connectivity index (χ4v) is 2.16. The zero-order valence-electron chi connectivity index (χ0n) is 10.8. The van der Waals surface area contributed by atoms with E-state index >= 15 is 0 Å². The molecule has 20 heavy (non-hydrogen) atoms. The molecule has 0 aliphatic heterocycles. The molecule has 6 heteroatoms. The predicted octanol–water partition coefficient (Wildman–Crippen LogP) is 1.81. The van der Waals surface area contributed by atoms with Crippen LogP contribution in [-0.2, 0) is 4.74 Å². The van der Waals surface area contributed by atoms with Crippen molar-refractivity contribution in [3.8, 4) is 0 Å². The highest BCUT2D eigenvalue weighted by Crippen LogP contribution is 2.23. The number of fused-ring (bicyclic) bond motifs is 1. The van der Waals surface area contributed by atoms with Gasteiger partial charge in [0.2, 0.25) is 0 Å². The molecule has 0 aromatic carbocycles. The summed E-state index contributed by atoms with van der Waals surface area (Å²) in [6.45, 7) is 0. The summed E-state index contributed by atoms with van der Waals surface area (Å²) in [7, 11) is 1.24. The summed E-state index contributed by atoms with van der Waals surface area (Å²) in [5.41, 5.74) is 0.397. The Bertz CT molecular complexity index is 795. The van der Waals surface area contributed by atoms with Crippen LogP contribution in [0.2, 0.25) is 0 Å². The lowest BCUT2D eigenvalue weighted by Crippen LogP contribution is -2.11. The molecule has 1 aliphatic rings. The Balaban J connectivity index is 2.17. The van der Waals surface area contributed by atoms with Crippen LogP contribution in [0.15, 0.2) is 40.0 Å². The molecule has 1 aliphatic carbocycles. The van der Waals surface area contributed by atoms with Crippen LogP contribution in [0.4, 0.5) is 0 Å². The summed E-state index contributed by atoms with van der Waals surface area (Å²) in [6, 6.07) is 0. The number of nitrogens with zero attached hydrogens (tertiary/aromatic N) is 2. The van der Waals surface area contributed by atoms with Crippen LogP contribution in [0.1, 0.15) is 29.1 Å². The summed E-state index contributed by atoms with van der Waals surface area (Å²) >= 11 is 0.